The molecule has 3 aliphatic rings. The number of aryl methyl sites for hydroxylation is 1. The average Bonchev–Trinajstić information content (AvgIpc) is 3.80. The Balaban J connectivity index is 1.16. The van der Waals surface area contributed by atoms with E-state index in [9.17, 15) is 14.7 Å². The predicted octanol–water partition coefficient (Wildman–Crippen LogP) is 6.49. The number of hydrogen-bond acceptors (Lipinski definition) is 7. The van der Waals surface area contributed by atoms with Crippen LogP contribution in [0, 0.1) is 6.92 Å². The van der Waals surface area contributed by atoms with Crippen LogP contribution in [0.1, 0.15) is 44.0 Å². The van der Waals surface area contributed by atoms with Gasteiger partial charge in [0.15, 0.2) is 11.5 Å². The zero-order valence-corrected chi connectivity index (χ0v) is 28.5. The van der Waals surface area contributed by atoms with Crippen molar-refractivity contribution < 1.29 is 28.9 Å². The standard InChI is InChI=1S/C41H40N4O6/c1-28-21-31(40(47)45(32-9-3-2-4-10-32)33-11-13-35(46)14-12-33)26-43(28)37-24-39-38(50-27-51-39)23-36(37)41(48)44-25-30-8-6-5-7-29(30)22-34(44)15-16-42-17-19-49-20-18-42/h2-14,21,23-24,26,34,46H,15-20,22,25,27H2,1H3/t34-/m1/s1. The van der Waals surface area contributed by atoms with Crippen LogP contribution in [0.15, 0.2) is 103 Å². The summed E-state index contributed by atoms with van der Waals surface area (Å²) in [5.41, 5.74) is 6.03. The van der Waals surface area contributed by atoms with E-state index in [2.05, 4.69) is 23.1 Å². The van der Waals surface area contributed by atoms with Crippen molar-refractivity contribution in [3.63, 3.8) is 0 Å². The molecule has 51 heavy (non-hydrogen) atoms. The first kappa shape index (κ1) is 32.6. The van der Waals surface area contributed by atoms with E-state index in [4.69, 9.17) is 14.2 Å². The van der Waals surface area contributed by atoms with Crippen molar-refractivity contribution in [1.29, 1.82) is 0 Å². The van der Waals surface area contributed by atoms with Crippen LogP contribution in [0.4, 0.5) is 11.4 Å². The summed E-state index contributed by atoms with van der Waals surface area (Å²) in [5, 5.41) is 9.95. The number of aromatic hydroxyl groups is 1. The molecule has 1 aromatic heterocycles. The normalized spacial score (nSPS) is 16.9. The number of benzene rings is 4. The van der Waals surface area contributed by atoms with E-state index in [-0.39, 0.29) is 30.4 Å². The fourth-order valence-corrected chi connectivity index (χ4v) is 7.34. The number of amides is 2. The molecule has 8 rings (SSSR count). The molecular weight excluding hydrogens is 644 g/mol. The molecule has 3 aliphatic heterocycles. The van der Waals surface area contributed by atoms with Gasteiger partial charge in [-0.3, -0.25) is 19.4 Å². The second-order valence-electron chi connectivity index (χ2n) is 13.3. The third kappa shape index (κ3) is 6.56. The van der Waals surface area contributed by atoms with Gasteiger partial charge in [-0.2, -0.15) is 0 Å². The van der Waals surface area contributed by atoms with E-state index in [1.165, 1.54) is 5.56 Å². The summed E-state index contributed by atoms with van der Waals surface area (Å²) < 4.78 is 19.1. The van der Waals surface area contributed by atoms with Gasteiger partial charge >= 0.3 is 0 Å². The number of para-hydroxylation sites is 1. The smallest absolute Gasteiger partial charge is 0.264 e. The van der Waals surface area contributed by atoms with Crippen LogP contribution in [-0.4, -0.2) is 77.0 Å². The average molecular weight is 685 g/mol. The van der Waals surface area contributed by atoms with Crippen LogP contribution in [0.3, 0.4) is 0 Å². The first-order valence-corrected chi connectivity index (χ1v) is 17.4. The summed E-state index contributed by atoms with van der Waals surface area (Å²) in [6, 6.07) is 29.8. The van der Waals surface area contributed by atoms with Crippen LogP contribution >= 0.6 is 0 Å². The molecule has 4 heterocycles. The minimum absolute atomic E-state index is 0.00107. The maximum absolute atomic E-state index is 14.9. The van der Waals surface area contributed by atoms with Gasteiger partial charge in [-0.25, -0.2) is 0 Å². The Morgan fingerprint density at radius 1 is 0.843 bits per heavy atom. The Bertz CT molecular complexity index is 2050. The second-order valence-corrected chi connectivity index (χ2v) is 13.3. The number of aromatic nitrogens is 1. The van der Waals surface area contributed by atoms with Gasteiger partial charge in [-0.15, -0.1) is 0 Å². The van der Waals surface area contributed by atoms with Crippen LogP contribution in [0.2, 0.25) is 0 Å². The third-order valence-corrected chi connectivity index (χ3v) is 10.1. The van der Waals surface area contributed by atoms with E-state index >= 15 is 0 Å². The van der Waals surface area contributed by atoms with E-state index < -0.39 is 0 Å². The first-order valence-electron chi connectivity index (χ1n) is 17.4. The van der Waals surface area contributed by atoms with Gasteiger partial charge in [-0.1, -0.05) is 42.5 Å². The molecule has 10 heteroatoms. The summed E-state index contributed by atoms with van der Waals surface area (Å²) in [6.45, 7) is 6.63. The van der Waals surface area contributed by atoms with E-state index in [1.54, 1.807) is 41.4 Å². The quantitative estimate of drug-likeness (QED) is 0.200. The number of carbonyl (C=O) groups is 2. The molecule has 0 spiro atoms. The van der Waals surface area contributed by atoms with Crippen LogP contribution < -0.4 is 14.4 Å². The molecule has 1 fully saturated rings. The SMILES string of the molecule is Cc1cc(C(=O)N(c2ccccc2)c2ccc(O)cc2)cn1-c1cc2c(cc1C(=O)N1Cc3ccccc3C[C@H]1CCN1CCOCC1)OCO2. The number of ether oxygens (including phenoxy) is 3. The fourth-order valence-electron chi connectivity index (χ4n) is 7.34. The number of phenolic OH excluding ortho intramolecular Hbond substituents is 1. The minimum Gasteiger partial charge on any atom is -0.508 e. The molecule has 1 N–H and O–H groups in total. The van der Waals surface area contributed by atoms with Gasteiger partial charge in [0.05, 0.1) is 30.0 Å². The summed E-state index contributed by atoms with van der Waals surface area (Å²) >= 11 is 0. The lowest BCUT2D eigenvalue weighted by molar-refractivity contribution is 0.0308. The molecule has 2 amide bonds. The Kier molecular flexibility index (Phi) is 8.93. The summed E-state index contributed by atoms with van der Waals surface area (Å²) in [4.78, 5) is 35.3. The molecule has 0 radical (unpaired) electrons. The van der Waals surface area contributed by atoms with Gasteiger partial charge < -0.3 is 28.8 Å². The van der Waals surface area contributed by atoms with Crippen LogP contribution in [-0.2, 0) is 17.7 Å². The molecule has 0 saturated carbocycles. The predicted molar refractivity (Wildman–Crippen MR) is 193 cm³/mol. The maximum atomic E-state index is 14.9. The highest BCUT2D eigenvalue weighted by Gasteiger charge is 2.34. The molecule has 260 valence electrons. The molecule has 5 aromatic rings. The first-order chi connectivity index (χ1) is 24.9. The van der Waals surface area contributed by atoms with Gasteiger partial charge in [-0.05, 0) is 79.4 Å². The third-order valence-electron chi connectivity index (χ3n) is 10.1. The van der Waals surface area contributed by atoms with Crippen LogP contribution in [0.5, 0.6) is 17.2 Å². The number of phenols is 1. The molecule has 0 unspecified atom stereocenters. The number of anilines is 2. The van der Waals surface area contributed by atoms with Crippen molar-refractivity contribution in [1.82, 2.24) is 14.4 Å². The van der Waals surface area contributed by atoms with Crippen LogP contribution in [0.25, 0.3) is 5.69 Å². The second kappa shape index (κ2) is 14.0. The Morgan fingerprint density at radius 2 is 1.53 bits per heavy atom. The zero-order chi connectivity index (χ0) is 34.9. The Morgan fingerprint density at radius 3 is 2.29 bits per heavy atom. The van der Waals surface area contributed by atoms with Gasteiger partial charge in [0, 0.05) is 61.6 Å². The number of carbonyl (C=O) groups excluding carboxylic acids is 2. The molecular formula is C41H40N4O6. The van der Waals surface area contributed by atoms with Gasteiger partial charge in [0.1, 0.15) is 5.75 Å². The molecule has 1 saturated heterocycles. The maximum Gasteiger partial charge on any atom is 0.264 e. The van der Waals surface area contributed by atoms with Crippen molar-refractivity contribution >= 4 is 23.2 Å². The van der Waals surface area contributed by atoms with E-state index in [0.29, 0.717) is 46.2 Å². The number of rotatable bonds is 8. The topological polar surface area (TPSA) is 96.7 Å². The number of morpholine rings is 1. The van der Waals surface area contributed by atoms with E-state index in [1.807, 2.05) is 64.9 Å². The van der Waals surface area contributed by atoms with E-state index in [0.717, 1.165) is 56.9 Å². The Labute approximate surface area is 297 Å². The van der Waals surface area contributed by atoms with Crippen molar-refractivity contribution in [2.45, 2.75) is 32.4 Å². The lowest BCUT2D eigenvalue weighted by atomic mass is 9.91. The number of hydrogen-bond donors (Lipinski definition) is 1. The Hall–Kier alpha value is -5.58. The molecule has 0 bridgehead atoms. The zero-order valence-electron chi connectivity index (χ0n) is 28.5. The lowest BCUT2D eigenvalue weighted by Crippen LogP contribution is -2.47. The summed E-state index contributed by atoms with van der Waals surface area (Å²) in [7, 11) is 0. The highest BCUT2D eigenvalue weighted by Crippen LogP contribution is 2.39. The van der Waals surface area contributed by atoms with Gasteiger partial charge in [0.2, 0.25) is 6.79 Å². The molecule has 4 aromatic carbocycles. The summed E-state index contributed by atoms with van der Waals surface area (Å²) in [6.07, 6.45) is 3.40. The molecule has 10 nitrogen and oxygen atoms in total. The molecule has 0 aliphatic carbocycles. The van der Waals surface area contributed by atoms with Crippen molar-refractivity contribution in [3.8, 4) is 22.9 Å². The van der Waals surface area contributed by atoms with Crippen molar-refractivity contribution in [3.05, 3.63) is 131 Å². The number of fused-ring (bicyclic) bond motifs is 2. The van der Waals surface area contributed by atoms with Crippen molar-refractivity contribution in [2.75, 3.05) is 44.5 Å². The summed E-state index contributed by atoms with van der Waals surface area (Å²) in [5.74, 6) is 0.833. The largest absolute Gasteiger partial charge is 0.508 e. The minimum atomic E-state index is -0.252. The highest BCUT2D eigenvalue weighted by atomic mass is 16.7. The van der Waals surface area contributed by atoms with Crippen molar-refractivity contribution in [2.24, 2.45) is 0 Å². The monoisotopic (exact) mass is 684 g/mol. The fraction of sp³-hybridized carbons (Fsp3) is 0.268. The van der Waals surface area contributed by atoms with Gasteiger partial charge in [0.25, 0.3) is 11.8 Å². The number of nitrogens with zero attached hydrogens (tertiary/aromatic N) is 4. The molecule has 1 atom stereocenters. The highest BCUT2D eigenvalue weighted by molar-refractivity contribution is 6.11. The lowest BCUT2D eigenvalue weighted by Gasteiger charge is -2.39.